The van der Waals surface area contributed by atoms with Crippen LogP contribution in [-0.4, -0.2) is 59.5 Å². The molecule has 0 spiro atoms. The minimum Gasteiger partial charge on any atom is -0.409 e. The fourth-order valence-electron chi connectivity index (χ4n) is 1.54. The molecule has 1 amide bonds. The molecule has 0 aliphatic carbocycles. The highest BCUT2D eigenvalue weighted by atomic mass is 32.2. The van der Waals surface area contributed by atoms with Gasteiger partial charge in [-0.3, -0.25) is 9.69 Å². The third kappa shape index (κ3) is 4.82. The van der Waals surface area contributed by atoms with Crippen LogP contribution in [0.3, 0.4) is 0 Å². The van der Waals surface area contributed by atoms with E-state index in [1.165, 1.54) is 0 Å². The monoisotopic (exact) mass is 260 g/mol. The van der Waals surface area contributed by atoms with Crippen LogP contribution in [0.15, 0.2) is 5.16 Å². The van der Waals surface area contributed by atoms with E-state index in [0.717, 1.165) is 31.1 Å². The summed E-state index contributed by atoms with van der Waals surface area (Å²) in [5.74, 6) is 1.48. The summed E-state index contributed by atoms with van der Waals surface area (Å²) in [5, 5.41) is 14.1. The van der Waals surface area contributed by atoms with Gasteiger partial charge in [-0.1, -0.05) is 5.16 Å². The number of nitrogens with one attached hydrogen (secondary N) is 1. The van der Waals surface area contributed by atoms with Gasteiger partial charge in [-0.05, 0) is 6.92 Å². The van der Waals surface area contributed by atoms with Crippen LogP contribution in [0.2, 0.25) is 0 Å². The largest absolute Gasteiger partial charge is 0.409 e. The number of amides is 1. The Balaban J connectivity index is 2.19. The van der Waals surface area contributed by atoms with Crippen molar-refractivity contribution in [3.63, 3.8) is 0 Å². The van der Waals surface area contributed by atoms with E-state index >= 15 is 0 Å². The number of nitrogens with two attached hydrogens (primary N) is 1. The molecule has 0 bridgehead atoms. The summed E-state index contributed by atoms with van der Waals surface area (Å²) in [6, 6.07) is 0. The number of amidine groups is 1. The summed E-state index contributed by atoms with van der Waals surface area (Å²) in [7, 11) is 0. The van der Waals surface area contributed by atoms with Crippen molar-refractivity contribution in [3.05, 3.63) is 0 Å². The molecule has 17 heavy (non-hydrogen) atoms. The molecule has 1 atom stereocenters. The van der Waals surface area contributed by atoms with Crippen molar-refractivity contribution in [2.75, 3.05) is 37.7 Å². The summed E-state index contributed by atoms with van der Waals surface area (Å²) in [6.07, 6.45) is 0. The molecule has 0 aromatic rings. The van der Waals surface area contributed by atoms with E-state index in [1.54, 1.807) is 6.92 Å². The summed E-state index contributed by atoms with van der Waals surface area (Å²) in [4.78, 5) is 13.9. The molecular formula is C10H20N4O2S. The maximum atomic E-state index is 11.6. The van der Waals surface area contributed by atoms with Gasteiger partial charge < -0.3 is 16.3 Å². The molecular weight excluding hydrogens is 240 g/mol. The number of carbonyl (C=O) groups is 1. The second-order valence-corrected chi connectivity index (χ2v) is 5.22. The highest BCUT2D eigenvalue weighted by Crippen LogP contribution is 2.07. The van der Waals surface area contributed by atoms with E-state index < -0.39 is 5.92 Å². The van der Waals surface area contributed by atoms with Crippen molar-refractivity contribution in [1.82, 2.24) is 10.2 Å². The molecule has 0 aromatic carbocycles. The van der Waals surface area contributed by atoms with Crippen LogP contribution in [0.5, 0.6) is 0 Å². The van der Waals surface area contributed by atoms with Gasteiger partial charge in [0.15, 0.2) is 5.84 Å². The van der Waals surface area contributed by atoms with E-state index in [1.807, 2.05) is 11.8 Å². The molecule has 4 N–H and O–H groups in total. The smallest absolute Gasteiger partial charge is 0.230 e. The molecule has 6 nitrogen and oxygen atoms in total. The molecule has 1 saturated heterocycles. The minimum atomic E-state index is -0.586. The summed E-state index contributed by atoms with van der Waals surface area (Å²) in [5.41, 5.74) is 5.36. The number of nitrogens with zero attached hydrogens (tertiary/aromatic N) is 2. The Morgan fingerprint density at radius 1 is 1.59 bits per heavy atom. The van der Waals surface area contributed by atoms with Crippen molar-refractivity contribution in [2.24, 2.45) is 16.8 Å². The molecule has 98 valence electrons. The Hall–Kier alpha value is -0.950. The van der Waals surface area contributed by atoms with Gasteiger partial charge in [0.05, 0.1) is 5.92 Å². The average Bonchev–Trinajstić information content (AvgIpc) is 2.38. The van der Waals surface area contributed by atoms with Gasteiger partial charge in [-0.15, -0.1) is 0 Å². The van der Waals surface area contributed by atoms with Gasteiger partial charge in [0.2, 0.25) is 5.91 Å². The lowest BCUT2D eigenvalue weighted by Gasteiger charge is -2.26. The lowest BCUT2D eigenvalue weighted by Crippen LogP contribution is -2.42. The van der Waals surface area contributed by atoms with Crippen molar-refractivity contribution in [1.29, 1.82) is 0 Å². The minimum absolute atomic E-state index is 0.0585. The first-order valence-corrected chi connectivity index (χ1v) is 6.86. The Bertz CT molecular complexity index is 279. The van der Waals surface area contributed by atoms with E-state index in [4.69, 9.17) is 10.9 Å². The topological polar surface area (TPSA) is 91.0 Å². The van der Waals surface area contributed by atoms with E-state index in [-0.39, 0.29) is 11.7 Å². The van der Waals surface area contributed by atoms with Crippen LogP contribution < -0.4 is 11.1 Å². The van der Waals surface area contributed by atoms with Gasteiger partial charge in [0.25, 0.3) is 0 Å². The lowest BCUT2D eigenvalue weighted by molar-refractivity contribution is -0.122. The van der Waals surface area contributed by atoms with Crippen LogP contribution in [0.1, 0.15) is 6.92 Å². The molecule has 1 fully saturated rings. The molecule has 1 rings (SSSR count). The van der Waals surface area contributed by atoms with Gasteiger partial charge >= 0.3 is 0 Å². The summed E-state index contributed by atoms with van der Waals surface area (Å²) < 4.78 is 0. The predicted molar refractivity (Wildman–Crippen MR) is 69.3 cm³/mol. The quantitative estimate of drug-likeness (QED) is 0.269. The maximum absolute atomic E-state index is 11.6. The van der Waals surface area contributed by atoms with Crippen molar-refractivity contribution in [3.8, 4) is 0 Å². The summed E-state index contributed by atoms with van der Waals surface area (Å²) in [6.45, 7) is 5.23. The highest BCUT2D eigenvalue weighted by molar-refractivity contribution is 7.99. The maximum Gasteiger partial charge on any atom is 0.230 e. The van der Waals surface area contributed by atoms with Crippen molar-refractivity contribution >= 4 is 23.5 Å². The molecule has 0 aromatic heterocycles. The molecule has 1 unspecified atom stereocenters. The third-order valence-corrected chi connectivity index (χ3v) is 3.73. The number of thioether (sulfide) groups is 1. The van der Waals surface area contributed by atoms with Gasteiger partial charge in [0.1, 0.15) is 0 Å². The number of hydrogen-bond donors (Lipinski definition) is 3. The Labute approximate surface area is 106 Å². The van der Waals surface area contributed by atoms with Gasteiger partial charge in [-0.2, -0.15) is 11.8 Å². The van der Waals surface area contributed by atoms with Gasteiger partial charge in [0, 0.05) is 37.7 Å². The first-order valence-electron chi connectivity index (χ1n) is 5.70. The first kappa shape index (κ1) is 14.1. The van der Waals surface area contributed by atoms with Crippen molar-refractivity contribution in [2.45, 2.75) is 6.92 Å². The normalized spacial score (nSPS) is 19.9. The SMILES string of the molecule is CC(C(=O)NCCN1CCSCC1)C(N)=NO. The molecule has 0 radical (unpaired) electrons. The van der Waals surface area contributed by atoms with E-state index in [9.17, 15) is 4.79 Å². The Kier molecular flexibility index (Phi) is 6.13. The third-order valence-electron chi connectivity index (χ3n) is 2.78. The molecule has 1 aliphatic rings. The molecule has 7 heteroatoms. The van der Waals surface area contributed by atoms with Crippen LogP contribution in [0.4, 0.5) is 0 Å². The fourth-order valence-corrected chi connectivity index (χ4v) is 2.51. The zero-order chi connectivity index (χ0) is 12.7. The fraction of sp³-hybridized carbons (Fsp3) is 0.800. The second-order valence-electron chi connectivity index (χ2n) is 3.99. The second kappa shape index (κ2) is 7.39. The standard InChI is InChI=1S/C10H20N4O2S/c1-8(9(11)13-16)10(15)12-2-3-14-4-6-17-7-5-14/h8,16H,2-7H2,1H3,(H2,11,13)(H,12,15). The zero-order valence-corrected chi connectivity index (χ0v) is 10.9. The first-order chi connectivity index (χ1) is 8.15. The molecule has 1 aliphatic heterocycles. The number of oxime groups is 1. The lowest BCUT2D eigenvalue weighted by atomic mass is 10.1. The summed E-state index contributed by atoms with van der Waals surface area (Å²) >= 11 is 1.96. The zero-order valence-electron chi connectivity index (χ0n) is 10.1. The average molecular weight is 260 g/mol. The number of hydrogen-bond acceptors (Lipinski definition) is 5. The Morgan fingerprint density at radius 2 is 2.24 bits per heavy atom. The molecule has 0 saturated carbocycles. The number of rotatable bonds is 5. The predicted octanol–water partition coefficient (Wildman–Crippen LogP) is -0.466. The van der Waals surface area contributed by atoms with E-state index in [2.05, 4.69) is 15.4 Å². The molecule has 1 heterocycles. The van der Waals surface area contributed by atoms with Crippen LogP contribution in [0.25, 0.3) is 0 Å². The highest BCUT2D eigenvalue weighted by Gasteiger charge is 2.17. The van der Waals surface area contributed by atoms with Crippen LogP contribution in [-0.2, 0) is 4.79 Å². The van der Waals surface area contributed by atoms with Gasteiger partial charge in [-0.25, -0.2) is 0 Å². The number of carbonyl (C=O) groups excluding carboxylic acids is 1. The van der Waals surface area contributed by atoms with Crippen LogP contribution in [0, 0.1) is 5.92 Å². The van der Waals surface area contributed by atoms with Crippen molar-refractivity contribution < 1.29 is 10.0 Å². The van der Waals surface area contributed by atoms with Crippen LogP contribution >= 0.6 is 11.8 Å². The van der Waals surface area contributed by atoms with E-state index in [0.29, 0.717) is 6.54 Å². The Morgan fingerprint density at radius 3 is 2.82 bits per heavy atom.